The molecule has 0 aliphatic carbocycles. The van der Waals surface area contributed by atoms with E-state index in [0.717, 1.165) is 11.3 Å². The third kappa shape index (κ3) is 5.31. The number of anilines is 1. The van der Waals surface area contributed by atoms with E-state index in [4.69, 9.17) is 4.74 Å². The molecule has 0 radical (unpaired) electrons. The molecule has 0 unspecified atom stereocenters. The fourth-order valence-corrected chi connectivity index (χ4v) is 3.09. The lowest BCUT2D eigenvalue weighted by Crippen LogP contribution is -2.32. The number of nitrogens with one attached hydrogen (secondary N) is 2. The van der Waals surface area contributed by atoms with Crippen LogP contribution in [0.2, 0.25) is 0 Å². The summed E-state index contributed by atoms with van der Waals surface area (Å²) in [6, 6.07) is 25.9. The molecule has 2 amide bonds. The van der Waals surface area contributed by atoms with Crippen LogP contribution in [0.4, 0.5) is 5.69 Å². The Morgan fingerprint density at radius 3 is 2.24 bits per heavy atom. The maximum Gasteiger partial charge on any atom is 0.329 e. The van der Waals surface area contributed by atoms with Gasteiger partial charge in [-0.2, -0.15) is 10.2 Å². The number of hydrazone groups is 1. The Labute approximate surface area is 190 Å². The largest absolute Gasteiger partial charge is 0.497 e. The Kier molecular flexibility index (Phi) is 6.56. The van der Waals surface area contributed by atoms with Crippen molar-refractivity contribution in [1.82, 2.24) is 15.2 Å². The zero-order valence-electron chi connectivity index (χ0n) is 17.8. The van der Waals surface area contributed by atoms with Gasteiger partial charge in [0.2, 0.25) is 0 Å². The number of carbonyl (C=O) groups excluding carboxylic acids is 2. The molecule has 0 aliphatic rings. The molecular formula is C25H21N5O3. The summed E-state index contributed by atoms with van der Waals surface area (Å²) in [5.41, 5.74) is 5.89. The lowest BCUT2D eigenvalue weighted by Gasteiger charge is -2.05. The Hall–Kier alpha value is -4.72. The van der Waals surface area contributed by atoms with E-state index in [9.17, 15) is 9.59 Å². The SMILES string of the molecule is COc1ccc(NC(=O)C(=O)N/N=C\c2cn(-c3ccccc3)nc2-c2ccccc2)cc1. The molecule has 0 fully saturated rings. The summed E-state index contributed by atoms with van der Waals surface area (Å²) in [6.45, 7) is 0. The van der Waals surface area contributed by atoms with Crippen molar-refractivity contribution >= 4 is 23.7 Å². The molecule has 1 heterocycles. The number of aromatic nitrogens is 2. The normalized spacial score (nSPS) is 10.7. The van der Waals surface area contributed by atoms with Crippen molar-refractivity contribution in [2.45, 2.75) is 0 Å². The maximum absolute atomic E-state index is 12.2. The van der Waals surface area contributed by atoms with Crippen molar-refractivity contribution in [1.29, 1.82) is 0 Å². The summed E-state index contributed by atoms with van der Waals surface area (Å²) in [5, 5.41) is 11.2. The molecule has 1 aromatic heterocycles. The summed E-state index contributed by atoms with van der Waals surface area (Å²) in [5.74, 6) is -1.08. The van der Waals surface area contributed by atoms with Crippen LogP contribution in [0.5, 0.6) is 5.75 Å². The highest BCUT2D eigenvalue weighted by molar-refractivity contribution is 6.39. The summed E-state index contributed by atoms with van der Waals surface area (Å²) in [4.78, 5) is 24.3. The number of para-hydroxylation sites is 1. The average Bonchev–Trinajstić information content (AvgIpc) is 3.29. The number of hydrogen-bond acceptors (Lipinski definition) is 5. The highest BCUT2D eigenvalue weighted by atomic mass is 16.5. The molecule has 0 bridgehead atoms. The minimum absolute atomic E-state index is 0.468. The zero-order chi connectivity index (χ0) is 23.0. The van der Waals surface area contributed by atoms with Crippen molar-refractivity contribution in [3.8, 4) is 22.7 Å². The molecular weight excluding hydrogens is 418 g/mol. The smallest absolute Gasteiger partial charge is 0.329 e. The number of benzene rings is 3. The van der Waals surface area contributed by atoms with Crippen LogP contribution in [0.25, 0.3) is 16.9 Å². The Morgan fingerprint density at radius 2 is 1.58 bits per heavy atom. The summed E-state index contributed by atoms with van der Waals surface area (Å²) in [6.07, 6.45) is 3.28. The first kappa shape index (κ1) is 21.5. The van der Waals surface area contributed by atoms with Gasteiger partial charge in [-0.1, -0.05) is 48.5 Å². The van der Waals surface area contributed by atoms with Crippen LogP contribution >= 0.6 is 0 Å². The van der Waals surface area contributed by atoms with Crippen LogP contribution in [0.3, 0.4) is 0 Å². The van der Waals surface area contributed by atoms with Crippen LogP contribution in [-0.2, 0) is 9.59 Å². The van der Waals surface area contributed by atoms with E-state index in [1.54, 1.807) is 36.1 Å². The van der Waals surface area contributed by atoms with E-state index in [-0.39, 0.29) is 0 Å². The molecule has 8 nitrogen and oxygen atoms in total. The highest BCUT2D eigenvalue weighted by Crippen LogP contribution is 2.22. The quantitative estimate of drug-likeness (QED) is 0.272. The van der Waals surface area contributed by atoms with E-state index >= 15 is 0 Å². The molecule has 0 atom stereocenters. The first-order valence-electron chi connectivity index (χ1n) is 10.1. The molecule has 8 heteroatoms. The van der Waals surface area contributed by atoms with Crippen molar-refractivity contribution < 1.29 is 14.3 Å². The van der Waals surface area contributed by atoms with Gasteiger partial charge in [-0.05, 0) is 36.4 Å². The van der Waals surface area contributed by atoms with Gasteiger partial charge in [-0.3, -0.25) is 9.59 Å². The van der Waals surface area contributed by atoms with Gasteiger partial charge in [0, 0.05) is 23.0 Å². The van der Waals surface area contributed by atoms with Gasteiger partial charge in [-0.15, -0.1) is 0 Å². The molecule has 164 valence electrons. The maximum atomic E-state index is 12.2. The second-order valence-corrected chi connectivity index (χ2v) is 6.96. The van der Waals surface area contributed by atoms with E-state index in [1.165, 1.54) is 6.21 Å². The van der Waals surface area contributed by atoms with E-state index < -0.39 is 11.8 Å². The number of ether oxygens (including phenoxy) is 1. The van der Waals surface area contributed by atoms with E-state index in [0.29, 0.717) is 22.7 Å². The summed E-state index contributed by atoms with van der Waals surface area (Å²) in [7, 11) is 1.55. The second-order valence-electron chi connectivity index (χ2n) is 6.96. The van der Waals surface area contributed by atoms with Crippen LogP contribution in [-0.4, -0.2) is 34.9 Å². The van der Waals surface area contributed by atoms with E-state index in [2.05, 4.69) is 20.9 Å². The zero-order valence-corrected chi connectivity index (χ0v) is 17.8. The number of rotatable bonds is 6. The van der Waals surface area contributed by atoms with Gasteiger partial charge >= 0.3 is 11.8 Å². The van der Waals surface area contributed by atoms with Crippen LogP contribution in [0.15, 0.2) is 96.2 Å². The fraction of sp³-hybridized carbons (Fsp3) is 0.0400. The van der Waals surface area contributed by atoms with Crippen LogP contribution in [0, 0.1) is 0 Å². The molecule has 4 aromatic rings. The lowest BCUT2D eigenvalue weighted by atomic mass is 10.1. The first-order chi connectivity index (χ1) is 16.1. The number of carbonyl (C=O) groups is 2. The van der Waals surface area contributed by atoms with Crippen molar-refractivity contribution in [2.75, 3.05) is 12.4 Å². The minimum Gasteiger partial charge on any atom is -0.497 e. The second kappa shape index (κ2) is 10.1. The van der Waals surface area contributed by atoms with Gasteiger partial charge in [-0.25, -0.2) is 10.1 Å². The molecule has 2 N–H and O–H groups in total. The molecule has 33 heavy (non-hydrogen) atoms. The standard InChI is InChI=1S/C25H21N5O3/c1-33-22-14-12-20(13-15-22)27-24(31)25(32)28-26-16-19-17-30(21-10-6-3-7-11-21)29-23(19)18-8-4-2-5-9-18/h2-17H,1H3,(H,27,31)(H,28,32)/b26-16-. The van der Waals surface area contributed by atoms with Crippen molar-refractivity contribution in [2.24, 2.45) is 5.10 Å². The molecule has 0 spiro atoms. The van der Waals surface area contributed by atoms with Crippen LogP contribution < -0.4 is 15.5 Å². The molecule has 0 saturated heterocycles. The summed E-state index contributed by atoms with van der Waals surface area (Å²) < 4.78 is 6.81. The Bertz CT molecular complexity index is 1270. The number of amides is 2. The van der Waals surface area contributed by atoms with Crippen molar-refractivity contribution in [3.05, 3.63) is 96.7 Å². The molecule has 0 aliphatic heterocycles. The van der Waals surface area contributed by atoms with Gasteiger partial charge in [0.05, 0.1) is 19.0 Å². The minimum atomic E-state index is -0.890. The fourth-order valence-electron chi connectivity index (χ4n) is 3.09. The molecule has 3 aromatic carbocycles. The first-order valence-corrected chi connectivity index (χ1v) is 10.1. The average molecular weight is 439 g/mol. The number of hydrogen-bond donors (Lipinski definition) is 2. The predicted molar refractivity (Wildman–Crippen MR) is 126 cm³/mol. The van der Waals surface area contributed by atoms with Gasteiger partial charge in [0.1, 0.15) is 11.4 Å². The topological polar surface area (TPSA) is 97.6 Å². The lowest BCUT2D eigenvalue weighted by molar-refractivity contribution is -0.136. The van der Waals surface area contributed by atoms with Crippen molar-refractivity contribution in [3.63, 3.8) is 0 Å². The Balaban J connectivity index is 1.49. The summed E-state index contributed by atoms with van der Waals surface area (Å²) >= 11 is 0. The monoisotopic (exact) mass is 439 g/mol. The highest BCUT2D eigenvalue weighted by Gasteiger charge is 2.14. The predicted octanol–water partition coefficient (Wildman–Crippen LogP) is 3.64. The number of nitrogens with zero attached hydrogens (tertiary/aromatic N) is 3. The third-order valence-electron chi connectivity index (χ3n) is 4.73. The van der Waals surface area contributed by atoms with E-state index in [1.807, 2.05) is 66.9 Å². The Morgan fingerprint density at radius 1 is 0.909 bits per heavy atom. The number of methoxy groups -OCH3 is 1. The third-order valence-corrected chi connectivity index (χ3v) is 4.73. The van der Waals surface area contributed by atoms with Gasteiger partial charge in [0.25, 0.3) is 0 Å². The van der Waals surface area contributed by atoms with Gasteiger partial charge in [0.15, 0.2) is 0 Å². The van der Waals surface area contributed by atoms with Gasteiger partial charge < -0.3 is 10.1 Å². The molecule has 0 saturated carbocycles. The molecule has 4 rings (SSSR count). The van der Waals surface area contributed by atoms with Crippen LogP contribution in [0.1, 0.15) is 5.56 Å².